The molecule has 1 aliphatic heterocycles. The van der Waals surface area contributed by atoms with Crippen molar-refractivity contribution < 1.29 is 23.4 Å². The quantitative estimate of drug-likeness (QED) is 0.766. The first kappa shape index (κ1) is 20.7. The topological polar surface area (TPSA) is 58.6 Å². The van der Waals surface area contributed by atoms with E-state index in [9.17, 15) is 13.6 Å². The second-order valence-electron chi connectivity index (χ2n) is 7.32. The van der Waals surface area contributed by atoms with Crippen LogP contribution in [-0.2, 0) is 9.53 Å². The van der Waals surface area contributed by atoms with Gasteiger partial charge in [-0.3, -0.25) is 4.79 Å². The molecule has 1 amide bonds. The fraction of sp³-hybridized carbons (Fsp3) is 0.381. The van der Waals surface area contributed by atoms with Crippen molar-refractivity contribution in [2.75, 3.05) is 6.61 Å². The third-order valence-corrected chi connectivity index (χ3v) is 5.18. The number of ether oxygens (including phenoxy) is 1. The van der Waals surface area contributed by atoms with Gasteiger partial charge in [-0.05, 0) is 30.7 Å². The number of aliphatic hydroxyl groups is 1. The molecular formula is C21H22ClF2NO3. The van der Waals surface area contributed by atoms with Gasteiger partial charge in [-0.2, -0.15) is 0 Å². The summed E-state index contributed by atoms with van der Waals surface area (Å²) >= 11 is 5.96. The Hall–Kier alpha value is -2.02. The first-order valence-electron chi connectivity index (χ1n) is 9.07. The number of hydrogen-bond donors (Lipinski definition) is 2. The van der Waals surface area contributed by atoms with Gasteiger partial charge in [0.15, 0.2) is 0 Å². The smallest absolute Gasteiger partial charge is 0.222 e. The van der Waals surface area contributed by atoms with Crippen molar-refractivity contribution in [3.05, 3.63) is 70.2 Å². The number of halogens is 3. The van der Waals surface area contributed by atoms with Crippen LogP contribution in [0.5, 0.6) is 0 Å². The van der Waals surface area contributed by atoms with Gasteiger partial charge in [-0.1, -0.05) is 29.8 Å². The molecule has 1 saturated heterocycles. The minimum Gasteiger partial charge on any atom is -0.396 e. The lowest BCUT2D eigenvalue weighted by Gasteiger charge is -2.43. The van der Waals surface area contributed by atoms with Crippen LogP contribution in [0.2, 0.25) is 5.02 Å². The lowest BCUT2D eigenvalue weighted by atomic mass is 9.81. The average molecular weight is 410 g/mol. The second-order valence-corrected chi connectivity index (χ2v) is 7.76. The van der Waals surface area contributed by atoms with Gasteiger partial charge < -0.3 is 15.2 Å². The molecular weight excluding hydrogens is 388 g/mol. The first-order chi connectivity index (χ1) is 13.3. The summed E-state index contributed by atoms with van der Waals surface area (Å²) in [5, 5.41) is 12.5. The molecule has 3 atom stereocenters. The predicted octanol–water partition coefficient (Wildman–Crippen LogP) is 4.47. The number of carbonyl (C=O) groups excluding carboxylic acids is 1. The predicted molar refractivity (Wildman–Crippen MR) is 102 cm³/mol. The third-order valence-electron chi connectivity index (χ3n) is 4.93. The van der Waals surface area contributed by atoms with Gasteiger partial charge in [0.1, 0.15) is 11.6 Å². The van der Waals surface area contributed by atoms with Gasteiger partial charge >= 0.3 is 0 Å². The van der Waals surface area contributed by atoms with Crippen molar-refractivity contribution >= 4 is 17.5 Å². The van der Waals surface area contributed by atoms with Crippen LogP contribution in [0.4, 0.5) is 8.78 Å². The van der Waals surface area contributed by atoms with Crippen molar-refractivity contribution in [1.82, 2.24) is 5.32 Å². The molecule has 0 bridgehead atoms. The maximum atomic E-state index is 14.4. The van der Waals surface area contributed by atoms with Crippen molar-refractivity contribution in [2.45, 2.75) is 43.9 Å². The molecule has 2 N–H and O–H groups in total. The Labute approximate surface area is 167 Å². The number of carbonyl (C=O) groups is 1. The Morgan fingerprint density at radius 1 is 1.21 bits per heavy atom. The van der Waals surface area contributed by atoms with Crippen LogP contribution < -0.4 is 5.32 Å². The van der Waals surface area contributed by atoms with E-state index < -0.39 is 29.4 Å². The summed E-state index contributed by atoms with van der Waals surface area (Å²) in [5.74, 6) is -1.64. The molecule has 0 aliphatic carbocycles. The van der Waals surface area contributed by atoms with Gasteiger partial charge in [-0.15, -0.1) is 0 Å². The fourth-order valence-corrected chi connectivity index (χ4v) is 3.74. The van der Waals surface area contributed by atoms with Gasteiger partial charge in [0.05, 0.1) is 18.8 Å². The molecule has 28 heavy (non-hydrogen) atoms. The van der Waals surface area contributed by atoms with Gasteiger partial charge in [0, 0.05) is 41.5 Å². The molecule has 0 spiro atoms. The zero-order chi connectivity index (χ0) is 20.3. The lowest BCUT2D eigenvalue weighted by Crippen LogP contribution is -2.51. The molecule has 1 fully saturated rings. The summed E-state index contributed by atoms with van der Waals surface area (Å²) in [6, 6.07) is 10.5. The monoisotopic (exact) mass is 409 g/mol. The normalized spacial score (nSPS) is 24.8. The minimum atomic E-state index is -0.694. The van der Waals surface area contributed by atoms with Crippen molar-refractivity contribution in [2.24, 2.45) is 0 Å². The Bertz CT molecular complexity index is 846. The van der Waals surface area contributed by atoms with E-state index in [2.05, 4.69) is 5.32 Å². The van der Waals surface area contributed by atoms with Crippen molar-refractivity contribution in [1.29, 1.82) is 0 Å². The largest absolute Gasteiger partial charge is 0.396 e. The molecule has 3 rings (SSSR count). The van der Waals surface area contributed by atoms with E-state index >= 15 is 0 Å². The van der Waals surface area contributed by atoms with Crippen LogP contribution in [-0.4, -0.2) is 23.2 Å². The highest BCUT2D eigenvalue weighted by atomic mass is 35.5. The highest BCUT2D eigenvalue weighted by molar-refractivity contribution is 6.30. The molecule has 4 nitrogen and oxygen atoms in total. The van der Waals surface area contributed by atoms with Crippen LogP contribution in [0.1, 0.15) is 49.5 Å². The second kappa shape index (κ2) is 8.55. The third kappa shape index (κ3) is 4.87. The Morgan fingerprint density at radius 2 is 1.89 bits per heavy atom. The van der Waals surface area contributed by atoms with E-state index in [-0.39, 0.29) is 24.5 Å². The van der Waals surface area contributed by atoms with E-state index in [0.29, 0.717) is 17.9 Å². The molecule has 1 aliphatic rings. The number of hydrogen-bond acceptors (Lipinski definition) is 3. The number of aliphatic hydroxyl groups excluding tert-OH is 1. The minimum absolute atomic E-state index is 0.0162. The van der Waals surface area contributed by atoms with Gasteiger partial charge in [0.2, 0.25) is 5.91 Å². The fourth-order valence-electron chi connectivity index (χ4n) is 3.62. The summed E-state index contributed by atoms with van der Waals surface area (Å²) < 4.78 is 33.9. The van der Waals surface area contributed by atoms with E-state index in [4.69, 9.17) is 21.4 Å². The maximum absolute atomic E-state index is 14.4. The van der Waals surface area contributed by atoms with E-state index in [1.165, 1.54) is 12.1 Å². The number of amides is 1. The molecule has 2 aromatic carbocycles. The van der Waals surface area contributed by atoms with E-state index in [1.807, 2.05) is 19.1 Å². The molecule has 0 aromatic heterocycles. The van der Waals surface area contributed by atoms with Crippen LogP contribution in [0.25, 0.3) is 0 Å². The molecule has 7 heteroatoms. The lowest BCUT2D eigenvalue weighted by molar-refractivity contribution is -0.129. The standard InChI is InChI=1S/C21H22ClF2NO3/c1-21(25-20(27)8-9-26)11-18(13-2-4-14(22)5-3-13)28-19(12-21)16-7-6-15(23)10-17(16)24/h2-7,10,18-19,26H,8-9,11-12H2,1H3,(H,25,27)/t18-,19+,21-/m0/s1. The van der Waals surface area contributed by atoms with Gasteiger partial charge in [0.25, 0.3) is 0 Å². The van der Waals surface area contributed by atoms with Crippen molar-refractivity contribution in [3.63, 3.8) is 0 Å². The zero-order valence-electron chi connectivity index (χ0n) is 15.4. The number of rotatable bonds is 5. The van der Waals surface area contributed by atoms with Crippen molar-refractivity contribution in [3.8, 4) is 0 Å². The first-order valence-corrected chi connectivity index (χ1v) is 9.45. The summed E-state index contributed by atoms with van der Waals surface area (Å²) in [4.78, 5) is 12.1. The summed E-state index contributed by atoms with van der Waals surface area (Å²) in [6.07, 6.45) is -0.325. The molecule has 0 unspecified atom stereocenters. The van der Waals surface area contributed by atoms with E-state index in [0.717, 1.165) is 11.6 Å². The molecule has 2 aromatic rings. The average Bonchev–Trinajstić information content (AvgIpc) is 2.61. The Balaban J connectivity index is 1.93. The summed E-state index contributed by atoms with van der Waals surface area (Å²) in [7, 11) is 0. The Morgan fingerprint density at radius 3 is 2.54 bits per heavy atom. The zero-order valence-corrected chi connectivity index (χ0v) is 16.2. The maximum Gasteiger partial charge on any atom is 0.222 e. The highest BCUT2D eigenvalue weighted by Gasteiger charge is 2.41. The van der Waals surface area contributed by atoms with Crippen LogP contribution in [0, 0.1) is 11.6 Å². The molecule has 150 valence electrons. The molecule has 0 radical (unpaired) electrons. The van der Waals surface area contributed by atoms with Crippen LogP contribution in [0.3, 0.4) is 0 Å². The van der Waals surface area contributed by atoms with Crippen LogP contribution >= 0.6 is 11.6 Å². The number of benzene rings is 2. The van der Waals surface area contributed by atoms with E-state index in [1.54, 1.807) is 12.1 Å². The number of nitrogens with one attached hydrogen (secondary N) is 1. The Kier molecular flexibility index (Phi) is 6.33. The summed E-state index contributed by atoms with van der Waals surface area (Å²) in [6.45, 7) is 1.61. The molecule has 0 saturated carbocycles. The molecule has 1 heterocycles. The van der Waals surface area contributed by atoms with Crippen LogP contribution in [0.15, 0.2) is 42.5 Å². The summed E-state index contributed by atoms with van der Waals surface area (Å²) in [5.41, 5.74) is 0.391. The van der Waals surface area contributed by atoms with Gasteiger partial charge in [-0.25, -0.2) is 8.78 Å². The SMILES string of the molecule is C[C@]1(NC(=O)CCO)C[C@@H](c2ccc(Cl)cc2)O[C@@H](c2ccc(F)cc2F)C1. The highest BCUT2D eigenvalue weighted by Crippen LogP contribution is 2.44.